The number of rotatable bonds is 4. The lowest BCUT2D eigenvalue weighted by Gasteiger charge is -2.38. The first-order chi connectivity index (χ1) is 10.3. The molecule has 21 heavy (non-hydrogen) atoms. The molecule has 0 aliphatic carbocycles. The van der Waals surface area contributed by atoms with Gasteiger partial charge in [0.15, 0.2) is 5.78 Å². The summed E-state index contributed by atoms with van der Waals surface area (Å²) in [6.45, 7) is 1.97. The zero-order chi connectivity index (χ0) is 14.5. The number of hydrogen-bond acceptors (Lipinski definition) is 2. The Hall–Kier alpha value is -1.93. The van der Waals surface area contributed by atoms with Crippen LogP contribution in [-0.4, -0.2) is 18.9 Å². The van der Waals surface area contributed by atoms with Crippen LogP contribution < -0.4 is 5.32 Å². The van der Waals surface area contributed by atoms with Crippen molar-refractivity contribution in [1.82, 2.24) is 5.32 Å². The molecule has 2 nitrogen and oxygen atoms in total. The van der Waals surface area contributed by atoms with Gasteiger partial charge in [-0.2, -0.15) is 0 Å². The summed E-state index contributed by atoms with van der Waals surface area (Å²) in [6.07, 6.45) is 2.65. The van der Waals surface area contributed by atoms with E-state index >= 15 is 0 Å². The van der Waals surface area contributed by atoms with E-state index in [4.69, 9.17) is 0 Å². The Kier molecular flexibility index (Phi) is 4.16. The molecule has 0 amide bonds. The van der Waals surface area contributed by atoms with E-state index in [-0.39, 0.29) is 11.2 Å². The first kappa shape index (κ1) is 14.0. The number of carbonyl (C=O) groups is 1. The van der Waals surface area contributed by atoms with E-state index in [1.54, 1.807) is 0 Å². The number of nitrogens with one attached hydrogen (secondary N) is 1. The highest BCUT2D eigenvalue weighted by molar-refractivity contribution is 5.96. The minimum Gasteiger partial charge on any atom is -0.317 e. The largest absolute Gasteiger partial charge is 0.317 e. The maximum absolute atomic E-state index is 12.7. The lowest BCUT2D eigenvalue weighted by Crippen LogP contribution is -2.41. The Morgan fingerprint density at radius 3 is 2.10 bits per heavy atom. The summed E-state index contributed by atoms with van der Waals surface area (Å²) in [5.41, 5.74) is 2.11. The zero-order valence-corrected chi connectivity index (χ0v) is 12.2. The molecule has 0 saturated carbocycles. The van der Waals surface area contributed by atoms with Gasteiger partial charge >= 0.3 is 0 Å². The van der Waals surface area contributed by atoms with Gasteiger partial charge in [0, 0.05) is 17.4 Å². The van der Waals surface area contributed by atoms with Crippen molar-refractivity contribution in [3.63, 3.8) is 0 Å². The highest BCUT2D eigenvalue weighted by atomic mass is 16.1. The fraction of sp³-hybridized carbons (Fsp3) is 0.316. The molecule has 0 unspecified atom stereocenters. The van der Waals surface area contributed by atoms with Gasteiger partial charge in [-0.3, -0.25) is 4.79 Å². The Balaban J connectivity index is 1.88. The van der Waals surface area contributed by atoms with Crippen molar-refractivity contribution >= 4 is 5.78 Å². The topological polar surface area (TPSA) is 29.1 Å². The Morgan fingerprint density at radius 1 is 0.905 bits per heavy atom. The molecule has 2 aromatic carbocycles. The number of carbonyl (C=O) groups excluding carboxylic acids is 1. The third-order valence-corrected chi connectivity index (χ3v) is 4.54. The summed E-state index contributed by atoms with van der Waals surface area (Å²) in [7, 11) is 0. The van der Waals surface area contributed by atoms with E-state index in [1.807, 2.05) is 36.4 Å². The van der Waals surface area contributed by atoms with E-state index in [0.717, 1.165) is 31.5 Å². The first-order valence-electron chi connectivity index (χ1n) is 7.65. The van der Waals surface area contributed by atoms with Crippen LogP contribution in [0.15, 0.2) is 60.7 Å². The maximum Gasteiger partial charge on any atom is 0.163 e. The molecule has 1 fully saturated rings. The molecule has 108 valence electrons. The standard InChI is InChI=1S/C19H21NO/c21-18(16-7-3-1-4-8-16)15-19(11-13-20-14-12-19)17-9-5-2-6-10-17/h1-10,20H,11-15H2. The first-order valence-corrected chi connectivity index (χ1v) is 7.65. The van der Waals surface area contributed by atoms with Crippen LogP contribution in [0.3, 0.4) is 0 Å². The van der Waals surface area contributed by atoms with E-state index < -0.39 is 0 Å². The summed E-state index contributed by atoms with van der Waals surface area (Å²) in [6, 6.07) is 20.2. The lowest BCUT2D eigenvalue weighted by atomic mass is 9.69. The van der Waals surface area contributed by atoms with Crippen molar-refractivity contribution in [3.05, 3.63) is 71.8 Å². The molecule has 1 N–H and O–H groups in total. The summed E-state index contributed by atoms with van der Waals surface area (Å²) in [4.78, 5) is 12.7. The second-order valence-corrected chi connectivity index (χ2v) is 5.86. The van der Waals surface area contributed by atoms with Gasteiger partial charge < -0.3 is 5.32 Å². The van der Waals surface area contributed by atoms with Gasteiger partial charge in [0.05, 0.1) is 0 Å². The normalized spacial score (nSPS) is 17.3. The average molecular weight is 279 g/mol. The summed E-state index contributed by atoms with van der Waals surface area (Å²) >= 11 is 0. The smallest absolute Gasteiger partial charge is 0.163 e. The molecule has 2 heteroatoms. The van der Waals surface area contributed by atoms with Crippen molar-refractivity contribution in [1.29, 1.82) is 0 Å². The van der Waals surface area contributed by atoms with Crippen molar-refractivity contribution < 1.29 is 4.79 Å². The van der Waals surface area contributed by atoms with Gasteiger partial charge in [0.2, 0.25) is 0 Å². The molecule has 0 aromatic heterocycles. The third-order valence-electron chi connectivity index (χ3n) is 4.54. The molecule has 0 bridgehead atoms. The van der Waals surface area contributed by atoms with Crippen molar-refractivity contribution in [2.45, 2.75) is 24.7 Å². The fourth-order valence-corrected chi connectivity index (χ4v) is 3.30. The zero-order valence-electron chi connectivity index (χ0n) is 12.2. The Labute approximate surface area is 126 Å². The molecule has 3 rings (SSSR count). The van der Waals surface area contributed by atoms with Crippen LogP contribution in [0.1, 0.15) is 35.2 Å². The second kappa shape index (κ2) is 6.23. The van der Waals surface area contributed by atoms with Crippen LogP contribution in [0.2, 0.25) is 0 Å². The van der Waals surface area contributed by atoms with Crippen LogP contribution in [0.25, 0.3) is 0 Å². The van der Waals surface area contributed by atoms with Crippen LogP contribution in [0, 0.1) is 0 Å². The monoisotopic (exact) mass is 279 g/mol. The van der Waals surface area contributed by atoms with Crippen molar-refractivity contribution in [2.75, 3.05) is 13.1 Å². The quantitative estimate of drug-likeness (QED) is 0.867. The number of piperidine rings is 1. The van der Waals surface area contributed by atoms with E-state index in [0.29, 0.717) is 6.42 Å². The molecule has 0 atom stereocenters. The molecule has 1 heterocycles. The average Bonchev–Trinajstić information content (AvgIpc) is 2.57. The molecule has 2 aromatic rings. The van der Waals surface area contributed by atoms with Crippen LogP contribution >= 0.6 is 0 Å². The van der Waals surface area contributed by atoms with Crippen LogP contribution in [0.4, 0.5) is 0 Å². The van der Waals surface area contributed by atoms with E-state index in [9.17, 15) is 4.79 Å². The third kappa shape index (κ3) is 3.06. The molecule has 1 aliphatic rings. The summed E-state index contributed by atoms with van der Waals surface area (Å²) in [5.74, 6) is 0.251. The van der Waals surface area contributed by atoms with Gasteiger partial charge in [-0.05, 0) is 31.5 Å². The predicted molar refractivity (Wildman–Crippen MR) is 85.6 cm³/mol. The molecular weight excluding hydrogens is 258 g/mol. The lowest BCUT2D eigenvalue weighted by molar-refractivity contribution is 0.0934. The Morgan fingerprint density at radius 2 is 1.48 bits per heavy atom. The van der Waals surface area contributed by atoms with Crippen LogP contribution in [-0.2, 0) is 5.41 Å². The van der Waals surface area contributed by atoms with Crippen molar-refractivity contribution in [3.8, 4) is 0 Å². The highest BCUT2D eigenvalue weighted by Crippen LogP contribution is 2.37. The number of ketones is 1. The van der Waals surface area contributed by atoms with E-state index in [2.05, 4.69) is 29.6 Å². The van der Waals surface area contributed by atoms with Gasteiger partial charge in [0.1, 0.15) is 0 Å². The van der Waals surface area contributed by atoms with Crippen LogP contribution in [0.5, 0.6) is 0 Å². The second-order valence-electron chi connectivity index (χ2n) is 5.86. The minimum atomic E-state index is -0.0144. The van der Waals surface area contributed by atoms with Gasteiger partial charge in [-0.25, -0.2) is 0 Å². The van der Waals surface area contributed by atoms with Gasteiger partial charge in [-0.15, -0.1) is 0 Å². The molecular formula is C19H21NO. The SMILES string of the molecule is O=C(CC1(c2ccccc2)CCNCC1)c1ccccc1. The Bertz CT molecular complexity index is 585. The summed E-state index contributed by atoms with van der Waals surface area (Å²) in [5, 5.41) is 3.41. The van der Waals surface area contributed by atoms with Gasteiger partial charge in [0.25, 0.3) is 0 Å². The van der Waals surface area contributed by atoms with Crippen molar-refractivity contribution in [2.24, 2.45) is 0 Å². The molecule has 0 spiro atoms. The van der Waals surface area contributed by atoms with E-state index in [1.165, 1.54) is 5.56 Å². The molecule has 1 aliphatic heterocycles. The fourth-order valence-electron chi connectivity index (χ4n) is 3.30. The minimum absolute atomic E-state index is 0.0144. The number of benzene rings is 2. The summed E-state index contributed by atoms with van der Waals surface area (Å²) < 4.78 is 0. The van der Waals surface area contributed by atoms with Gasteiger partial charge in [-0.1, -0.05) is 60.7 Å². The number of hydrogen-bond donors (Lipinski definition) is 1. The molecule has 1 saturated heterocycles. The number of Topliss-reactive ketones (excluding diaryl/α,β-unsaturated/α-hetero) is 1. The molecule has 0 radical (unpaired) electrons. The maximum atomic E-state index is 12.7. The predicted octanol–water partition coefficient (Wildman–Crippen LogP) is 3.58. The highest BCUT2D eigenvalue weighted by Gasteiger charge is 2.35.